The predicted octanol–water partition coefficient (Wildman–Crippen LogP) is 1.77. The molecule has 0 aliphatic carbocycles. The molecule has 0 aromatic heterocycles. The van der Waals surface area contributed by atoms with Gasteiger partial charge in [0.25, 0.3) is 0 Å². The summed E-state index contributed by atoms with van der Waals surface area (Å²) in [7, 11) is 0. The number of carbonyl (C=O) groups excluding carboxylic acids is 3. The lowest BCUT2D eigenvalue weighted by Gasteiger charge is -2.17. The maximum Gasteiger partial charge on any atom is 0.334 e. The summed E-state index contributed by atoms with van der Waals surface area (Å²) < 4.78 is 12.8. The highest BCUT2D eigenvalue weighted by atomic mass is 19.1. The Balaban J connectivity index is 2.16. The van der Waals surface area contributed by atoms with Crippen LogP contribution < -0.4 is 0 Å². The molecule has 106 valence electrons. The predicted molar refractivity (Wildman–Crippen MR) is 68.9 cm³/mol. The van der Waals surface area contributed by atoms with Gasteiger partial charge >= 0.3 is 17.8 Å². The Kier molecular flexibility index (Phi) is 3.83. The number of rotatable bonds is 4. The van der Waals surface area contributed by atoms with Crippen molar-refractivity contribution >= 4 is 17.8 Å². The molecule has 0 atom stereocenters. The fraction of sp³-hybridized carbons (Fsp3) is 0.357. The number of halogens is 1. The van der Waals surface area contributed by atoms with E-state index in [1.54, 1.807) is 0 Å². The lowest BCUT2D eigenvalue weighted by molar-refractivity contribution is -0.143. The Morgan fingerprint density at radius 3 is 2.10 bits per heavy atom. The molecule has 1 fully saturated rings. The van der Waals surface area contributed by atoms with Gasteiger partial charge in [0.2, 0.25) is 0 Å². The first-order valence-corrected chi connectivity index (χ1v) is 6.32. The third kappa shape index (κ3) is 2.68. The molecule has 0 saturated carbocycles. The van der Waals surface area contributed by atoms with Crippen LogP contribution in [0.1, 0.15) is 19.4 Å². The van der Waals surface area contributed by atoms with Gasteiger partial charge in [0.1, 0.15) is 5.82 Å². The molecular formula is C14H15FN2O3. The zero-order valence-electron chi connectivity index (χ0n) is 11.3. The quantitative estimate of drug-likeness (QED) is 0.623. The fourth-order valence-electron chi connectivity index (χ4n) is 1.99. The minimum atomic E-state index is -0.833. The lowest BCUT2D eigenvalue weighted by Crippen LogP contribution is -2.35. The van der Waals surface area contributed by atoms with Crippen LogP contribution in [0.5, 0.6) is 0 Å². The largest absolute Gasteiger partial charge is 0.334 e. The van der Waals surface area contributed by atoms with Gasteiger partial charge in [0.05, 0.1) is 6.54 Å². The Bertz CT molecular complexity index is 554. The Hall–Kier alpha value is -2.24. The van der Waals surface area contributed by atoms with Gasteiger partial charge in [-0.2, -0.15) is 0 Å². The van der Waals surface area contributed by atoms with E-state index in [9.17, 15) is 18.8 Å². The van der Waals surface area contributed by atoms with Crippen molar-refractivity contribution in [3.05, 3.63) is 35.6 Å². The molecule has 0 spiro atoms. The molecule has 1 aliphatic rings. The molecule has 0 unspecified atom stereocenters. The minimum Gasteiger partial charge on any atom is -0.263 e. The van der Waals surface area contributed by atoms with E-state index in [-0.39, 0.29) is 19.0 Å². The molecule has 0 N–H and O–H groups in total. The number of benzene rings is 1. The first-order valence-electron chi connectivity index (χ1n) is 6.32. The van der Waals surface area contributed by atoms with Crippen LogP contribution in [0.3, 0.4) is 0 Å². The number of nitrogens with zero attached hydrogens (tertiary/aromatic N) is 2. The van der Waals surface area contributed by atoms with Gasteiger partial charge in [-0.3, -0.25) is 19.4 Å². The molecule has 1 aromatic rings. The van der Waals surface area contributed by atoms with Gasteiger partial charge in [-0.1, -0.05) is 26.0 Å². The van der Waals surface area contributed by atoms with Gasteiger partial charge in [0, 0.05) is 6.54 Å². The van der Waals surface area contributed by atoms with Crippen molar-refractivity contribution in [2.45, 2.75) is 20.4 Å². The lowest BCUT2D eigenvalue weighted by atomic mass is 10.2. The van der Waals surface area contributed by atoms with Crippen molar-refractivity contribution in [2.24, 2.45) is 5.92 Å². The average Bonchev–Trinajstić information content (AvgIpc) is 2.58. The topological polar surface area (TPSA) is 57.7 Å². The zero-order valence-corrected chi connectivity index (χ0v) is 11.3. The smallest absolute Gasteiger partial charge is 0.263 e. The molecular weight excluding hydrogens is 263 g/mol. The summed E-state index contributed by atoms with van der Waals surface area (Å²) in [6.45, 7) is 3.89. The third-order valence-electron chi connectivity index (χ3n) is 2.94. The van der Waals surface area contributed by atoms with Crippen LogP contribution in [0.15, 0.2) is 24.3 Å². The Morgan fingerprint density at radius 1 is 1.00 bits per heavy atom. The van der Waals surface area contributed by atoms with E-state index < -0.39 is 23.7 Å². The highest BCUT2D eigenvalue weighted by Gasteiger charge is 2.44. The van der Waals surface area contributed by atoms with Crippen molar-refractivity contribution in [3.63, 3.8) is 0 Å². The van der Waals surface area contributed by atoms with Crippen LogP contribution in [0.4, 0.5) is 9.18 Å². The summed E-state index contributed by atoms with van der Waals surface area (Å²) in [5, 5.41) is 0. The maximum absolute atomic E-state index is 12.8. The van der Waals surface area contributed by atoms with Crippen molar-refractivity contribution in [2.75, 3.05) is 6.54 Å². The Labute approximate surface area is 116 Å². The SMILES string of the molecule is CC(C)CN1C(=O)C(=O)N(Cc2ccc(F)cc2)C1=O. The van der Waals surface area contributed by atoms with Crippen LogP contribution in [-0.4, -0.2) is 34.2 Å². The molecule has 5 nitrogen and oxygen atoms in total. The summed E-state index contributed by atoms with van der Waals surface area (Å²) >= 11 is 0. The second kappa shape index (κ2) is 5.40. The van der Waals surface area contributed by atoms with E-state index in [2.05, 4.69) is 0 Å². The average molecular weight is 278 g/mol. The molecule has 1 heterocycles. The van der Waals surface area contributed by atoms with Crippen LogP contribution in [0.2, 0.25) is 0 Å². The van der Waals surface area contributed by atoms with Crippen molar-refractivity contribution in [3.8, 4) is 0 Å². The second-order valence-electron chi connectivity index (χ2n) is 5.11. The third-order valence-corrected chi connectivity index (χ3v) is 2.94. The van der Waals surface area contributed by atoms with Crippen molar-refractivity contribution in [1.82, 2.24) is 9.80 Å². The van der Waals surface area contributed by atoms with Crippen molar-refractivity contribution in [1.29, 1.82) is 0 Å². The number of amides is 4. The number of urea groups is 1. The number of imide groups is 2. The number of hydrogen-bond acceptors (Lipinski definition) is 3. The maximum atomic E-state index is 12.8. The molecule has 0 bridgehead atoms. The van der Waals surface area contributed by atoms with Gasteiger partial charge in [0.15, 0.2) is 0 Å². The van der Waals surface area contributed by atoms with Crippen LogP contribution in [0, 0.1) is 11.7 Å². The van der Waals surface area contributed by atoms with E-state index in [0.717, 1.165) is 9.80 Å². The molecule has 1 aliphatic heterocycles. The van der Waals surface area contributed by atoms with Gasteiger partial charge in [-0.25, -0.2) is 9.18 Å². The standard InChI is InChI=1S/C14H15FN2O3/c1-9(2)7-16-12(18)13(19)17(14(16)20)8-10-3-5-11(15)6-4-10/h3-6,9H,7-8H2,1-2H3. The van der Waals surface area contributed by atoms with Gasteiger partial charge < -0.3 is 0 Å². The van der Waals surface area contributed by atoms with E-state index in [4.69, 9.17) is 0 Å². The molecule has 4 amide bonds. The van der Waals surface area contributed by atoms with Gasteiger partial charge in [-0.05, 0) is 23.6 Å². The molecule has 2 rings (SSSR count). The summed E-state index contributed by atoms with van der Waals surface area (Å²) in [6, 6.07) is 4.83. The van der Waals surface area contributed by atoms with E-state index in [1.165, 1.54) is 24.3 Å². The normalized spacial score (nSPS) is 15.7. The summed E-state index contributed by atoms with van der Waals surface area (Å²) in [5.41, 5.74) is 0.590. The van der Waals surface area contributed by atoms with Gasteiger partial charge in [-0.15, -0.1) is 0 Å². The summed E-state index contributed by atoms with van der Waals surface area (Å²) in [4.78, 5) is 37.5. The molecule has 6 heteroatoms. The Morgan fingerprint density at radius 2 is 1.55 bits per heavy atom. The van der Waals surface area contributed by atoms with Crippen molar-refractivity contribution < 1.29 is 18.8 Å². The molecule has 1 aromatic carbocycles. The van der Waals surface area contributed by atoms with Crippen LogP contribution >= 0.6 is 0 Å². The zero-order chi connectivity index (χ0) is 14.9. The second-order valence-corrected chi connectivity index (χ2v) is 5.11. The fourth-order valence-corrected chi connectivity index (χ4v) is 1.99. The summed E-state index contributed by atoms with van der Waals surface area (Å²) in [5.74, 6) is -1.95. The first-order chi connectivity index (χ1) is 9.40. The molecule has 20 heavy (non-hydrogen) atoms. The minimum absolute atomic E-state index is 0.0295. The van der Waals surface area contributed by atoms with E-state index in [0.29, 0.717) is 5.56 Å². The molecule has 0 radical (unpaired) electrons. The van der Waals surface area contributed by atoms with E-state index in [1.807, 2.05) is 13.8 Å². The molecule has 1 saturated heterocycles. The first kappa shape index (κ1) is 14.2. The number of carbonyl (C=O) groups is 3. The highest BCUT2D eigenvalue weighted by Crippen LogP contribution is 2.17. The van der Waals surface area contributed by atoms with Crippen LogP contribution in [0.25, 0.3) is 0 Å². The van der Waals surface area contributed by atoms with E-state index >= 15 is 0 Å². The summed E-state index contributed by atoms with van der Waals surface area (Å²) in [6.07, 6.45) is 0. The monoisotopic (exact) mass is 278 g/mol. The number of hydrogen-bond donors (Lipinski definition) is 0. The highest BCUT2D eigenvalue weighted by molar-refractivity contribution is 6.44. The van der Waals surface area contributed by atoms with Crippen LogP contribution in [-0.2, 0) is 16.1 Å².